The van der Waals surface area contributed by atoms with Crippen molar-refractivity contribution in [3.63, 3.8) is 0 Å². The van der Waals surface area contributed by atoms with Gasteiger partial charge in [-0.1, -0.05) is 0 Å². The molecule has 5 heteroatoms. The van der Waals surface area contributed by atoms with Crippen molar-refractivity contribution in [1.82, 2.24) is 15.5 Å². The first-order valence-corrected chi connectivity index (χ1v) is 5.29. The third-order valence-corrected chi connectivity index (χ3v) is 2.26. The fraction of sp³-hybridized carbons (Fsp3) is 0.455. The summed E-state index contributed by atoms with van der Waals surface area (Å²) in [5, 5.41) is 11.0. The lowest BCUT2D eigenvalue weighted by molar-refractivity contribution is 0.410. The van der Waals surface area contributed by atoms with Crippen LogP contribution in [-0.4, -0.2) is 16.2 Å². The lowest BCUT2D eigenvalue weighted by atomic mass is 10.2. The van der Waals surface area contributed by atoms with E-state index in [1.54, 1.807) is 13.2 Å². The Labute approximate surface area is 93.9 Å². The van der Waals surface area contributed by atoms with Gasteiger partial charge in [0.25, 0.3) is 0 Å². The third-order valence-electron chi connectivity index (χ3n) is 2.26. The summed E-state index contributed by atoms with van der Waals surface area (Å²) < 4.78 is 10.5. The molecule has 16 heavy (non-hydrogen) atoms. The second-order valence-corrected chi connectivity index (χ2v) is 3.78. The molecule has 0 aliphatic heterocycles. The van der Waals surface area contributed by atoms with Gasteiger partial charge in [-0.25, -0.2) is 0 Å². The molecule has 0 aliphatic carbocycles. The molecule has 0 saturated carbocycles. The molecule has 2 rings (SSSR count). The molecule has 86 valence electrons. The highest BCUT2D eigenvalue weighted by Crippen LogP contribution is 2.04. The number of nitrogens with zero attached hydrogens (tertiary/aromatic N) is 2. The Morgan fingerprint density at radius 3 is 2.94 bits per heavy atom. The monoisotopic (exact) mass is 221 g/mol. The second-order valence-electron chi connectivity index (χ2n) is 3.78. The lowest BCUT2D eigenvalue weighted by Crippen LogP contribution is -2.27. The minimum Gasteiger partial charge on any atom is -0.469 e. The summed E-state index contributed by atoms with van der Waals surface area (Å²) in [4.78, 5) is 0. The molecule has 2 aromatic heterocycles. The fourth-order valence-electron chi connectivity index (χ4n) is 1.47. The van der Waals surface area contributed by atoms with Crippen molar-refractivity contribution in [2.24, 2.45) is 0 Å². The van der Waals surface area contributed by atoms with Crippen LogP contribution < -0.4 is 5.32 Å². The molecule has 1 N–H and O–H groups in total. The number of rotatable bonds is 5. The SMILES string of the molecule is Cc1nnc(CNC(C)Cc2ccco2)o1. The normalized spacial score (nSPS) is 12.9. The quantitative estimate of drug-likeness (QED) is 0.832. The Morgan fingerprint density at radius 2 is 2.31 bits per heavy atom. The van der Waals surface area contributed by atoms with E-state index in [1.165, 1.54) is 0 Å². The summed E-state index contributed by atoms with van der Waals surface area (Å²) in [6.07, 6.45) is 2.53. The highest BCUT2D eigenvalue weighted by Gasteiger charge is 2.07. The van der Waals surface area contributed by atoms with E-state index in [0.29, 0.717) is 24.4 Å². The van der Waals surface area contributed by atoms with E-state index in [0.717, 1.165) is 12.2 Å². The number of aromatic nitrogens is 2. The maximum Gasteiger partial charge on any atom is 0.230 e. The van der Waals surface area contributed by atoms with Crippen molar-refractivity contribution < 1.29 is 8.83 Å². The van der Waals surface area contributed by atoms with Gasteiger partial charge < -0.3 is 14.2 Å². The van der Waals surface area contributed by atoms with Gasteiger partial charge in [-0.05, 0) is 19.1 Å². The largest absolute Gasteiger partial charge is 0.469 e. The topological polar surface area (TPSA) is 64.1 Å². The Balaban J connectivity index is 1.77. The minimum atomic E-state index is 0.304. The summed E-state index contributed by atoms with van der Waals surface area (Å²) in [5.41, 5.74) is 0. The Bertz CT molecular complexity index is 422. The van der Waals surface area contributed by atoms with Gasteiger partial charge >= 0.3 is 0 Å². The first-order chi connectivity index (χ1) is 7.74. The zero-order valence-electron chi connectivity index (χ0n) is 9.43. The number of aryl methyl sites for hydroxylation is 1. The van der Waals surface area contributed by atoms with Crippen LogP contribution in [0.3, 0.4) is 0 Å². The van der Waals surface area contributed by atoms with Crippen LogP contribution in [-0.2, 0) is 13.0 Å². The van der Waals surface area contributed by atoms with Crippen LogP contribution >= 0.6 is 0 Å². The van der Waals surface area contributed by atoms with E-state index in [-0.39, 0.29) is 0 Å². The van der Waals surface area contributed by atoms with E-state index in [4.69, 9.17) is 8.83 Å². The van der Waals surface area contributed by atoms with E-state index >= 15 is 0 Å². The van der Waals surface area contributed by atoms with Crippen molar-refractivity contribution in [3.8, 4) is 0 Å². The van der Waals surface area contributed by atoms with Crippen LogP contribution in [0.2, 0.25) is 0 Å². The summed E-state index contributed by atoms with van der Waals surface area (Å²) in [7, 11) is 0. The van der Waals surface area contributed by atoms with Gasteiger partial charge in [0.05, 0.1) is 12.8 Å². The van der Waals surface area contributed by atoms with E-state index < -0.39 is 0 Å². The smallest absolute Gasteiger partial charge is 0.230 e. The van der Waals surface area contributed by atoms with Crippen LogP contribution in [0.15, 0.2) is 27.2 Å². The van der Waals surface area contributed by atoms with Gasteiger partial charge in [0.1, 0.15) is 5.76 Å². The molecule has 0 saturated heterocycles. The van der Waals surface area contributed by atoms with E-state index in [1.807, 2.05) is 12.1 Å². The zero-order valence-corrected chi connectivity index (χ0v) is 9.43. The van der Waals surface area contributed by atoms with Gasteiger partial charge in [0, 0.05) is 19.4 Å². The second kappa shape index (κ2) is 4.94. The molecule has 2 heterocycles. The molecule has 0 aromatic carbocycles. The van der Waals surface area contributed by atoms with Crippen LogP contribution in [0.25, 0.3) is 0 Å². The molecular formula is C11H15N3O2. The van der Waals surface area contributed by atoms with Crippen molar-refractivity contribution in [1.29, 1.82) is 0 Å². The zero-order chi connectivity index (χ0) is 11.4. The van der Waals surface area contributed by atoms with Gasteiger partial charge in [0.2, 0.25) is 11.8 Å². The van der Waals surface area contributed by atoms with Gasteiger partial charge in [-0.2, -0.15) is 0 Å². The molecule has 2 aromatic rings. The molecule has 0 fully saturated rings. The molecular weight excluding hydrogens is 206 g/mol. The number of nitrogens with one attached hydrogen (secondary N) is 1. The molecule has 5 nitrogen and oxygen atoms in total. The molecule has 0 spiro atoms. The highest BCUT2D eigenvalue weighted by molar-refractivity contribution is 5.00. The summed E-state index contributed by atoms with van der Waals surface area (Å²) in [6, 6.07) is 4.16. The Morgan fingerprint density at radius 1 is 1.44 bits per heavy atom. The van der Waals surface area contributed by atoms with Crippen molar-refractivity contribution in [2.75, 3.05) is 0 Å². The number of furan rings is 1. The summed E-state index contributed by atoms with van der Waals surface area (Å²) in [6.45, 7) is 4.46. The first-order valence-electron chi connectivity index (χ1n) is 5.29. The van der Waals surface area contributed by atoms with Crippen LogP contribution in [0.1, 0.15) is 24.5 Å². The summed E-state index contributed by atoms with van der Waals surface area (Å²) in [5.74, 6) is 2.18. The molecule has 0 bridgehead atoms. The molecule has 0 aliphatic rings. The highest BCUT2D eigenvalue weighted by atomic mass is 16.4. The average molecular weight is 221 g/mol. The van der Waals surface area contributed by atoms with Gasteiger partial charge in [-0.3, -0.25) is 0 Å². The van der Waals surface area contributed by atoms with Gasteiger partial charge in [0.15, 0.2) is 0 Å². The fourth-order valence-corrected chi connectivity index (χ4v) is 1.47. The third kappa shape index (κ3) is 2.93. The first kappa shape index (κ1) is 10.9. The minimum absolute atomic E-state index is 0.304. The predicted molar refractivity (Wildman–Crippen MR) is 57.7 cm³/mol. The Hall–Kier alpha value is -1.62. The lowest BCUT2D eigenvalue weighted by Gasteiger charge is -2.09. The van der Waals surface area contributed by atoms with Crippen LogP contribution in [0.4, 0.5) is 0 Å². The number of hydrogen-bond donors (Lipinski definition) is 1. The maximum absolute atomic E-state index is 5.27. The molecule has 0 radical (unpaired) electrons. The Kier molecular flexibility index (Phi) is 3.36. The maximum atomic E-state index is 5.27. The van der Waals surface area contributed by atoms with Crippen molar-refractivity contribution >= 4 is 0 Å². The standard InChI is InChI=1S/C11H15N3O2/c1-8(6-10-4-3-5-15-10)12-7-11-14-13-9(2)16-11/h3-5,8,12H,6-7H2,1-2H3. The summed E-state index contributed by atoms with van der Waals surface area (Å²) >= 11 is 0. The van der Waals surface area contributed by atoms with Crippen LogP contribution in [0.5, 0.6) is 0 Å². The molecule has 1 unspecified atom stereocenters. The molecule has 0 amide bonds. The molecule has 1 atom stereocenters. The van der Waals surface area contributed by atoms with Crippen LogP contribution in [0, 0.1) is 6.92 Å². The van der Waals surface area contributed by atoms with Crippen molar-refractivity contribution in [3.05, 3.63) is 35.9 Å². The predicted octanol–water partition coefficient (Wildman–Crippen LogP) is 1.69. The average Bonchev–Trinajstić information content (AvgIpc) is 2.87. The van der Waals surface area contributed by atoms with E-state index in [9.17, 15) is 0 Å². The van der Waals surface area contributed by atoms with Gasteiger partial charge in [-0.15, -0.1) is 10.2 Å². The van der Waals surface area contributed by atoms with E-state index in [2.05, 4.69) is 22.4 Å². The van der Waals surface area contributed by atoms with Crippen molar-refractivity contribution in [2.45, 2.75) is 32.9 Å². The number of hydrogen-bond acceptors (Lipinski definition) is 5.